The summed E-state index contributed by atoms with van der Waals surface area (Å²) >= 11 is 0. The predicted molar refractivity (Wildman–Crippen MR) is 51.8 cm³/mol. The minimum Gasteiger partial charge on any atom is -0.385 e. The monoisotopic (exact) mass is 191 g/mol. The number of methoxy groups -OCH3 is 3. The molecule has 0 spiro atoms. The molecule has 0 saturated heterocycles. The van der Waals surface area contributed by atoms with E-state index in [1.807, 2.05) is 0 Å². The van der Waals surface area contributed by atoms with Gasteiger partial charge in [-0.15, -0.1) is 0 Å². The van der Waals surface area contributed by atoms with Gasteiger partial charge in [-0.3, -0.25) is 0 Å². The average Bonchev–Trinajstić information content (AvgIpc) is 2.17. The van der Waals surface area contributed by atoms with E-state index in [-0.39, 0.29) is 6.29 Å². The molecule has 0 saturated carbocycles. The van der Waals surface area contributed by atoms with E-state index in [0.29, 0.717) is 0 Å². The van der Waals surface area contributed by atoms with Gasteiger partial charge in [0, 0.05) is 34.4 Å². The Kier molecular flexibility index (Phi) is 9.80. The molecule has 4 nitrogen and oxygen atoms in total. The van der Waals surface area contributed by atoms with Crippen molar-refractivity contribution in [2.24, 2.45) is 0 Å². The summed E-state index contributed by atoms with van der Waals surface area (Å²) in [5, 5.41) is 3.28. The number of rotatable bonds is 9. The molecule has 0 aliphatic carbocycles. The van der Waals surface area contributed by atoms with Gasteiger partial charge < -0.3 is 19.5 Å². The average molecular weight is 191 g/mol. The van der Waals surface area contributed by atoms with Crippen molar-refractivity contribution in [1.29, 1.82) is 0 Å². The van der Waals surface area contributed by atoms with Crippen molar-refractivity contribution in [3.63, 3.8) is 0 Å². The Balaban J connectivity index is 3.05. The molecule has 0 heterocycles. The van der Waals surface area contributed by atoms with Gasteiger partial charge in [-0.25, -0.2) is 0 Å². The minimum atomic E-state index is -0.0880. The van der Waals surface area contributed by atoms with E-state index < -0.39 is 0 Å². The molecule has 13 heavy (non-hydrogen) atoms. The molecule has 0 bridgehead atoms. The van der Waals surface area contributed by atoms with Gasteiger partial charge in [0.05, 0.1) is 0 Å². The third-order valence-corrected chi connectivity index (χ3v) is 1.78. The second-order valence-corrected chi connectivity index (χ2v) is 2.79. The van der Waals surface area contributed by atoms with Crippen molar-refractivity contribution in [3.8, 4) is 0 Å². The molecule has 0 rings (SSSR count). The Morgan fingerprint density at radius 3 is 2.31 bits per heavy atom. The summed E-state index contributed by atoms with van der Waals surface area (Å²) in [6.07, 6.45) is 1.83. The van der Waals surface area contributed by atoms with E-state index in [1.54, 1.807) is 21.3 Å². The maximum Gasteiger partial charge on any atom is 0.158 e. The topological polar surface area (TPSA) is 39.7 Å². The van der Waals surface area contributed by atoms with Crippen LogP contribution in [0.2, 0.25) is 0 Å². The largest absolute Gasteiger partial charge is 0.385 e. The van der Waals surface area contributed by atoms with Crippen LogP contribution in [-0.2, 0) is 14.2 Å². The minimum absolute atomic E-state index is 0.0880. The Hall–Kier alpha value is -0.160. The molecule has 0 aromatic carbocycles. The predicted octanol–water partition coefficient (Wildman–Crippen LogP) is 0.622. The first kappa shape index (κ1) is 12.8. The summed E-state index contributed by atoms with van der Waals surface area (Å²) in [5.74, 6) is 0. The summed E-state index contributed by atoms with van der Waals surface area (Å²) in [5.41, 5.74) is 0. The molecule has 0 aliphatic heterocycles. The van der Waals surface area contributed by atoms with Crippen LogP contribution in [0.1, 0.15) is 12.8 Å². The fourth-order valence-electron chi connectivity index (χ4n) is 1.02. The first-order chi connectivity index (χ1) is 6.35. The first-order valence-corrected chi connectivity index (χ1v) is 4.60. The lowest BCUT2D eigenvalue weighted by molar-refractivity contribution is -0.105. The van der Waals surface area contributed by atoms with Gasteiger partial charge in [0.1, 0.15) is 0 Å². The van der Waals surface area contributed by atoms with Crippen LogP contribution in [0.15, 0.2) is 0 Å². The second-order valence-electron chi connectivity index (χ2n) is 2.79. The van der Waals surface area contributed by atoms with Crippen molar-refractivity contribution >= 4 is 0 Å². The molecule has 0 unspecified atom stereocenters. The quantitative estimate of drug-likeness (QED) is 0.428. The van der Waals surface area contributed by atoms with Crippen LogP contribution in [0.4, 0.5) is 0 Å². The van der Waals surface area contributed by atoms with Gasteiger partial charge in [-0.1, -0.05) is 0 Å². The third kappa shape index (κ3) is 8.18. The molecule has 80 valence electrons. The molecule has 0 aromatic heterocycles. The zero-order chi connectivity index (χ0) is 9.94. The number of ether oxygens (including phenoxy) is 3. The van der Waals surface area contributed by atoms with Crippen LogP contribution in [0.3, 0.4) is 0 Å². The van der Waals surface area contributed by atoms with Crippen molar-refractivity contribution in [3.05, 3.63) is 0 Å². The molecule has 0 amide bonds. The molecule has 4 heteroatoms. The summed E-state index contributed by atoms with van der Waals surface area (Å²) < 4.78 is 15.0. The molecule has 0 aromatic rings. The van der Waals surface area contributed by atoms with E-state index in [9.17, 15) is 0 Å². The smallest absolute Gasteiger partial charge is 0.158 e. The van der Waals surface area contributed by atoms with Gasteiger partial charge in [0.15, 0.2) is 6.29 Å². The standard InChI is InChI=1S/C9H21NO3/c1-11-8-4-6-10-7-5-9(12-2)13-3/h9-10H,4-8H2,1-3H3. The van der Waals surface area contributed by atoms with Crippen molar-refractivity contribution < 1.29 is 14.2 Å². The lowest BCUT2D eigenvalue weighted by Crippen LogP contribution is -2.24. The van der Waals surface area contributed by atoms with E-state index in [4.69, 9.17) is 14.2 Å². The highest BCUT2D eigenvalue weighted by Gasteiger charge is 2.02. The lowest BCUT2D eigenvalue weighted by Gasteiger charge is -2.13. The summed E-state index contributed by atoms with van der Waals surface area (Å²) in [4.78, 5) is 0. The van der Waals surface area contributed by atoms with Crippen molar-refractivity contribution in [2.45, 2.75) is 19.1 Å². The Morgan fingerprint density at radius 2 is 1.77 bits per heavy atom. The third-order valence-electron chi connectivity index (χ3n) is 1.78. The maximum atomic E-state index is 5.04. The first-order valence-electron chi connectivity index (χ1n) is 4.60. The van der Waals surface area contributed by atoms with Crippen molar-refractivity contribution in [2.75, 3.05) is 41.0 Å². The van der Waals surface area contributed by atoms with Gasteiger partial charge in [-0.2, -0.15) is 0 Å². The van der Waals surface area contributed by atoms with Crippen molar-refractivity contribution in [1.82, 2.24) is 5.32 Å². The summed E-state index contributed by atoms with van der Waals surface area (Å²) in [6, 6.07) is 0. The van der Waals surface area contributed by atoms with Gasteiger partial charge in [0.2, 0.25) is 0 Å². The fraction of sp³-hybridized carbons (Fsp3) is 1.00. The molecule has 0 radical (unpaired) electrons. The van der Waals surface area contributed by atoms with Crippen LogP contribution >= 0.6 is 0 Å². The molecule has 0 fully saturated rings. The van der Waals surface area contributed by atoms with Crippen LogP contribution in [0.5, 0.6) is 0 Å². The zero-order valence-corrected chi connectivity index (χ0v) is 8.84. The SMILES string of the molecule is COCCCNCCC(OC)OC. The van der Waals surface area contributed by atoms with E-state index in [0.717, 1.165) is 32.5 Å². The Labute approximate surface area is 80.5 Å². The lowest BCUT2D eigenvalue weighted by atomic mass is 10.4. The summed E-state index contributed by atoms with van der Waals surface area (Å²) in [6.45, 7) is 2.70. The van der Waals surface area contributed by atoms with Crippen LogP contribution in [-0.4, -0.2) is 47.3 Å². The van der Waals surface area contributed by atoms with Crippen LogP contribution in [0, 0.1) is 0 Å². The molecule has 0 atom stereocenters. The maximum absolute atomic E-state index is 5.04. The highest BCUT2D eigenvalue weighted by Crippen LogP contribution is 1.95. The van der Waals surface area contributed by atoms with E-state index in [1.165, 1.54) is 0 Å². The second kappa shape index (κ2) is 9.92. The fourth-order valence-corrected chi connectivity index (χ4v) is 1.02. The molecule has 1 N–H and O–H groups in total. The number of hydrogen-bond donors (Lipinski definition) is 1. The summed E-state index contributed by atoms with van der Waals surface area (Å²) in [7, 11) is 5.02. The highest BCUT2D eigenvalue weighted by atomic mass is 16.7. The molecular weight excluding hydrogens is 170 g/mol. The van der Waals surface area contributed by atoms with Crippen LogP contribution < -0.4 is 5.32 Å². The van der Waals surface area contributed by atoms with Crippen LogP contribution in [0.25, 0.3) is 0 Å². The van der Waals surface area contributed by atoms with E-state index in [2.05, 4.69) is 5.32 Å². The van der Waals surface area contributed by atoms with E-state index >= 15 is 0 Å². The zero-order valence-electron chi connectivity index (χ0n) is 8.84. The van der Waals surface area contributed by atoms with Gasteiger partial charge in [0.25, 0.3) is 0 Å². The highest BCUT2D eigenvalue weighted by molar-refractivity contribution is 4.50. The molecule has 0 aliphatic rings. The van der Waals surface area contributed by atoms with Gasteiger partial charge in [-0.05, 0) is 19.5 Å². The normalized spacial score (nSPS) is 11.1. The van der Waals surface area contributed by atoms with Gasteiger partial charge >= 0.3 is 0 Å². The Morgan fingerprint density at radius 1 is 1.08 bits per heavy atom. The Bertz CT molecular complexity index is 96.9. The number of nitrogens with one attached hydrogen (secondary N) is 1. The number of hydrogen-bond acceptors (Lipinski definition) is 4. The molecular formula is C9H21NO3.